The van der Waals surface area contributed by atoms with E-state index in [2.05, 4.69) is 23.7 Å². The van der Waals surface area contributed by atoms with Crippen molar-refractivity contribution in [1.29, 1.82) is 0 Å². The number of benzene rings is 1. The fraction of sp³-hybridized carbons (Fsp3) is 0.333. The van der Waals surface area contributed by atoms with Gasteiger partial charge in [-0.1, -0.05) is 31.5 Å². The molecule has 7 heteroatoms. The number of halogens is 1. The first-order valence-corrected chi connectivity index (χ1v) is 10.7. The zero-order valence-electron chi connectivity index (χ0n) is 15.9. The number of nitrogens with zero attached hydrogens (tertiary/aromatic N) is 3. The average Bonchev–Trinajstić information content (AvgIpc) is 3.36. The van der Waals surface area contributed by atoms with E-state index in [0.29, 0.717) is 17.5 Å². The smallest absolute Gasteiger partial charge is 0.250 e. The number of hydrogen-bond donors (Lipinski definition) is 1. The van der Waals surface area contributed by atoms with E-state index in [9.17, 15) is 4.79 Å². The Balaban J connectivity index is 1.56. The molecule has 2 aromatic heterocycles. The zero-order chi connectivity index (χ0) is 19.7. The van der Waals surface area contributed by atoms with Crippen LogP contribution in [0.4, 0.5) is 5.69 Å². The van der Waals surface area contributed by atoms with Crippen LogP contribution in [0.15, 0.2) is 53.7 Å². The summed E-state index contributed by atoms with van der Waals surface area (Å²) < 4.78 is 6.87. The minimum atomic E-state index is 0.0000280. The van der Waals surface area contributed by atoms with Gasteiger partial charge in [0.1, 0.15) is 0 Å². The van der Waals surface area contributed by atoms with E-state index in [1.807, 2.05) is 30.6 Å². The Bertz CT molecular complexity index is 1040. The van der Waals surface area contributed by atoms with Crippen molar-refractivity contribution in [1.82, 2.24) is 14.3 Å². The molecule has 0 radical (unpaired) electrons. The molecule has 0 aliphatic heterocycles. The Labute approximate surface area is 173 Å². The van der Waals surface area contributed by atoms with Crippen LogP contribution in [0.25, 0.3) is 16.8 Å². The predicted octanol–water partition coefficient (Wildman–Crippen LogP) is 5.23. The molecule has 0 spiro atoms. The van der Waals surface area contributed by atoms with Gasteiger partial charge in [0, 0.05) is 47.1 Å². The van der Waals surface area contributed by atoms with Crippen LogP contribution in [0.5, 0.6) is 0 Å². The summed E-state index contributed by atoms with van der Waals surface area (Å²) in [6.45, 7) is 4.86. The second-order valence-corrected chi connectivity index (χ2v) is 9.07. The normalized spacial score (nSPS) is 13.9. The van der Waals surface area contributed by atoms with Crippen molar-refractivity contribution in [3.8, 4) is 16.8 Å². The third kappa shape index (κ3) is 4.45. The van der Waals surface area contributed by atoms with Crippen molar-refractivity contribution in [2.45, 2.75) is 38.5 Å². The van der Waals surface area contributed by atoms with Crippen LogP contribution in [-0.2, 0) is 6.54 Å². The molecule has 3 aromatic rings. The predicted molar refractivity (Wildman–Crippen MR) is 117 cm³/mol. The average molecular weight is 415 g/mol. The standard InChI is InChI=1S/C21H23ClN4OS/c1-14(2)11-25-13-17(4-8-21(25)27)26-12-15(10-23-26)19-7-3-16(9-20(19)22)24-28-18-5-6-18/h3-4,7-10,12-14,18,24H,5-6,11H2,1-2H3. The van der Waals surface area contributed by atoms with Crippen molar-refractivity contribution in [2.24, 2.45) is 5.92 Å². The maximum Gasteiger partial charge on any atom is 0.250 e. The molecular formula is C21H23ClN4OS. The first-order chi connectivity index (χ1) is 13.5. The van der Waals surface area contributed by atoms with Crippen molar-refractivity contribution in [3.05, 3.63) is 64.3 Å². The van der Waals surface area contributed by atoms with Gasteiger partial charge in [0.2, 0.25) is 0 Å². The van der Waals surface area contributed by atoms with Gasteiger partial charge in [-0.3, -0.25) is 4.79 Å². The lowest BCUT2D eigenvalue weighted by molar-refractivity contribution is 0.509. The minimum absolute atomic E-state index is 0.0000280. The van der Waals surface area contributed by atoms with E-state index in [4.69, 9.17) is 11.6 Å². The Morgan fingerprint density at radius 2 is 2.07 bits per heavy atom. The fourth-order valence-electron chi connectivity index (χ4n) is 2.94. The summed E-state index contributed by atoms with van der Waals surface area (Å²) in [5, 5.41) is 5.88. The fourth-order valence-corrected chi connectivity index (χ4v) is 4.03. The third-order valence-electron chi connectivity index (χ3n) is 4.52. The van der Waals surface area contributed by atoms with Crippen molar-refractivity contribution >= 4 is 29.2 Å². The maximum atomic E-state index is 12.0. The highest BCUT2D eigenvalue weighted by molar-refractivity contribution is 8.01. The van der Waals surface area contributed by atoms with Crippen LogP contribution < -0.4 is 10.3 Å². The molecule has 2 heterocycles. The zero-order valence-corrected chi connectivity index (χ0v) is 17.5. The van der Waals surface area contributed by atoms with Crippen LogP contribution in [0.1, 0.15) is 26.7 Å². The van der Waals surface area contributed by atoms with Crippen molar-refractivity contribution in [2.75, 3.05) is 4.72 Å². The molecule has 0 unspecified atom stereocenters. The minimum Gasteiger partial charge on any atom is -0.329 e. The highest BCUT2D eigenvalue weighted by atomic mass is 35.5. The molecule has 4 rings (SSSR count). The molecule has 1 saturated carbocycles. The Morgan fingerprint density at radius 3 is 2.79 bits per heavy atom. The lowest BCUT2D eigenvalue weighted by Crippen LogP contribution is -2.21. The summed E-state index contributed by atoms with van der Waals surface area (Å²) in [6, 6.07) is 9.38. The van der Waals surface area contributed by atoms with Gasteiger partial charge in [-0.15, -0.1) is 0 Å². The van der Waals surface area contributed by atoms with Crippen molar-refractivity contribution < 1.29 is 0 Å². The summed E-state index contributed by atoms with van der Waals surface area (Å²) in [7, 11) is 0. The summed E-state index contributed by atoms with van der Waals surface area (Å²) in [6.07, 6.45) is 8.15. The van der Waals surface area contributed by atoms with Crippen LogP contribution in [-0.4, -0.2) is 19.6 Å². The van der Waals surface area contributed by atoms with Gasteiger partial charge in [0.15, 0.2) is 0 Å². The summed E-state index contributed by atoms with van der Waals surface area (Å²) in [4.78, 5) is 12.0. The van der Waals surface area contributed by atoms with Gasteiger partial charge >= 0.3 is 0 Å². The van der Waals surface area contributed by atoms with Crippen molar-refractivity contribution in [3.63, 3.8) is 0 Å². The topological polar surface area (TPSA) is 51.9 Å². The molecule has 0 saturated heterocycles. The molecule has 1 fully saturated rings. The van der Waals surface area contributed by atoms with E-state index in [1.165, 1.54) is 12.8 Å². The molecule has 0 bridgehead atoms. The Morgan fingerprint density at radius 1 is 1.25 bits per heavy atom. The van der Waals surface area contributed by atoms with E-state index in [1.54, 1.807) is 39.5 Å². The number of nitrogens with one attached hydrogen (secondary N) is 1. The van der Waals surface area contributed by atoms with Gasteiger partial charge in [-0.25, -0.2) is 4.68 Å². The summed E-state index contributed by atoms with van der Waals surface area (Å²) >= 11 is 8.28. The van der Waals surface area contributed by atoms with Crippen LogP contribution in [0.3, 0.4) is 0 Å². The molecule has 0 amide bonds. The molecule has 28 heavy (non-hydrogen) atoms. The molecular weight excluding hydrogens is 392 g/mol. The molecule has 0 atom stereocenters. The van der Waals surface area contributed by atoms with Crippen LogP contribution in [0, 0.1) is 5.92 Å². The largest absolute Gasteiger partial charge is 0.329 e. The lowest BCUT2D eigenvalue weighted by Gasteiger charge is -2.10. The quantitative estimate of drug-likeness (QED) is 0.537. The van der Waals surface area contributed by atoms with Crippen LogP contribution >= 0.6 is 23.5 Å². The van der Waals surface area contributed by atoms with Gasteiger partial charge in [-0.05, 0) is 48.9 Å². The molecule has 5 nitrogen and oxygen atoms in total. The van der Waals surface area contributed by atoms with Crippen LogP contribution in [0.2, 0.25) is 5.02 Å². The second kappa shape index (κ2) is 8.05. The van der Waals surface area contributed by atoms with Gasteiger partial charge in [0.25, 0.3) is 5.56 Å². The molecule has 1 aromatic carbocycles. The second-order valence-electron chi connectivity index (χ2n) is 7.56. The van der Waals surface area contributed by atoms with Gasteiger partial charge < -0.3 is 9.29 Å². The van der Waals surface area contributed by atoms with E-state index < -0.39 is 0 Å². The van der Waals surface area contributed by atoms with E-state index in [-0.39, 0.29) is 5.56 Å². The first kappa shape index (κ1) is 19.2. The highest BCUT2D eigenvalue weighted by Gasteiger charge is 2.22. The Hall–Kier alpha value is -2.18. The van der Waals surface area contributed by atoms with E-state index in [0.717, 1.165) is 27.8 Å². The molecule has 1 aliphatic carbocycles. The summed E-state index contributed by atoms with van der Waals surface area (Å²) in [5.41, 5.74) is 3.74. The maximum absolute atomic E-state index is 12.0. The lowest BCUT2D eigenvalue weighted by atomic mass is 10.1. The number of pyridine rings is 1. The third-order valence-corrected chi connectivity index (χ3v) is 6.00. The number of rotatable bonds is 7. The first-order valence-electron chi connectivity index (χ1n) is 9.47. The Kier molecular flexibility index (Phi) is 5.51. The number of aromatic nitrogens is 3. The molecule has 1 aliphatic rings. The number of hydrogen-bond acceptors (Lipinski definition) is 4. The monoisotopic (exact) mass is 414 g/mol. The van der Waals surface area contributed by atoms with E-state index >= 15 is 0 Å². The van der Waals surface area contributed by atoms with Gasteiger partial charge in [-0.2, -0.15) is 5.10 Å². The molecule has 1 N–H and O–H groups in total. The van der Waals surface area contributed by atoms with Gasteiger partial charge in [0.05, 0.1) is 16.9 Å². The number of anilines is 1. The SMILES string of the molecule is CC(C)Cn1cc(-n2cc(-c3ccc(NSC4CC4)cc3Cl)cn2)ccc1=O. The molecule has 146 valence electrons. The summed E-state index contributed by atoms with van der Waals surface area (Å²) in [5.74, 6) is 0.394. The highest BCUT2D eigenvalue weighted by Crippen LogP contribution is 2.36.